The van der Waals surface area contributed by atoms with E-state index in [2.05, 4.69) is 19.9 Å². The molecule has 4 aromatic rings. The Bertz CT molecular complexity index is 1390. The summed E-state index contributed by atoms with van der Waals surface area (Å²) in [5.74, 6) is 0.983. The number of pyridine rings is 1. The van der Waals surface area contributed by atoms with E-state index in [1.165, 1.54) is 18.2 Å². The number of rotatable bonds is 7. The summed E-state index contributed by atoms with van der Waals surface area (Å²) in [4.78, 5) is 4.29. The van der Waals surface area contributed by atoms with Gasteiger partial charge in [-0.3, -0.25) is 9.55 Å². The van der Waals surface area contributed by atoms with E-state index in [1.54, 1.807) is 23.8 Å². The van der Waals surface area contributed by atoms with Gasteiger partial charge in [-0.15, -0.1) is 5.10 Å². The lowest BCUT2D eigenvalue weighted by atomic mass is 10.2. The van der Waals surface area contributed by atoms with Crippen molar-refractivity contribution < 1.29 is 13.2 Å². The number of aromatic nitrogens is 4. The zero-order valence-electron chi connectivity index (χ0n) is 17.2. The molecule has 0 aliphatic rings. The molecular weight excluding hydrogens is 473 g/mol. The molecule has 11 heteroatoms. The zero-order chi connectivity index (χ0) is 22.9. The third-order valence-electron chi connectivity index (χ3n) is 4.77. The molecule has 166 valence electrons. The maximum atomic E-state index is 12.8. The van der Waals surface area contributed by atoms with Crippen LogP contribution in [0.2, 0.25) is 10.0 Å². The predicted octanol–water partition coefficient (Wildman–Crippen LogP) is 4.98. The average Bonchev–Trinajstić information content (AvgIpc) is 3.17. The SMILES string of the molecule is CCn1c(Oc2ccc3ncccc3c2)nnc1[C@@H](C)NS(=O)(=O)c1ccc(Cl)c(Cl)c1. The Balaban J connectivity index is 1.58. The summed E-state index contributed by atoms with van der Waals surface area (Å²) in [7, 11) is -3.87. The molecule has 2 aromatic heterocycles. The number of ether oxygens (including phenoxy) is 1. The van der Waals surface area contributed by atoms with Crippen molar-refractivity contribution in [3.63, 3.8) is 0 Å². The summed E-state index contributed by atoms with van der Waals surface area (Å²) in [6.45, 7) is 4.05. The molecule has 0 fully saturated rings. The fourth-order valence-electron chi connectivity index (χ4n) is 3.21. The first-order chi connectivity index (χ1) is 15.3. The van der Waals surface area contributed by atoms with E-state index < -0.39 is 16.1 Å². The van der Waals surface area contributed by atoms with E-state index in [-0.39, 0.29) is 21.0 Å². The molecule has 0 radical (unpaired) electrons. The van der Waals surface area contributed by atoms with Gasteiger partial charge < -0.3 is 4.74 Å². The van der Waals surface area contributed by atoms with Gasteiger partial charge in [-0.05, 0) is 56.3 Å². The molecule has 0 unspecified atom stereocenters. The van der Waals surface area contributed by atoms with Crippen LogP contribution in [-0.4, -0.2) is 28.2 Å². The van der Waals surface area contributed by atoms with Gasteiger partial charge in [-0.2, -0.15) is 0 Å². The van der Waals surface area contributed by atoms with Crippen LogP contribution in [0.5, 0.6) is 11.8 Å². The second-order valence-electron chi connectivity index (χ2n) is 6.96. The van der Waals surface area contributed by atoms with Crippen LogP contribution in [0.1, 0.15) is 25.7 Å². The minimum Gasteiger partial charge on any atom is -0.424 e. The van der Waals surface area contributed by atoms with Gasteiger partial charge >= 0.3 is 6.01 Å². The van der Waals surface area contributed by atoms with E-state index in [9.17, 15) is 8.42 Å². The molecule has 1 atom stereocenters. The molecular formula is C21H19Cl2N5O3S. The fraction of sp³-hybridized carbons (Fsp3) is 0.190. The summed E-state index contributed by atoms with van der Waals surface area (Å²) < 4.78 is 35.8. The molecule has 1 N–H and O–H groups in total. The van der Waals surface area contributed by atoms with Gasteiger partial charge in [0.2, 0.25) is 10.0 Å². The smallest absolute Gasteiger partial charge is 0.322 e. The molecule has 2 aromatic carbocycles. The second-order valence-corrected chi connectivity index (χ2v) is 9.49. The molecule has 0 saturated carbocycles. The highest BCUT2D eigenvalue weighted by atomic mass is 35.5. The number of nitrogens with zero attached hydrogens (tertiary/aromatic N) is 4. The number of nitrogens with one attached hydrogen (secondary N) is 1. The van der Waals surface area contributed by atoms with Crippen LogP contribution < -0.4 is 9.46 Å². The minimum atomic E-state index is -3.87. The van der Waals surface area contributed by atoms with E-state index >= 15 is 0 Å². The molecule has 0 amide bonds. The number of sulfonamides is 1. The maximum Gasteiger partial charge on any atom is 0.322 e. The van der Waals surface area contributed by atoms with Crippen LogP contribution in [0.25, 0.3) is 10.9 Å². The molecule has 0 saturated heterocycles. The van der Waals surface area contributed by atoms with Gasteiger partial charge in [0.25, 0.3) is 0 Å². The zero-order valence-corrected chi connectivity index (χ0v) is 19.5. The number of benzene rings is 2. The van der Waals surface area contributed by atoms with Gasteiger partial charge in [0, 0.05) is 18.1 Å². The minimum absolute atomic E-state index is 0.00237. The van der Waals surface area contributed by atoms with Crippen molar-refractivity contribution in [3.8, 4) is 11.8 Å². The third kappa shape index (κ3) is 4.56. The monoisotopic (exact) mass is 491 g/mol. The van der Waals surface area contributed by atoms with Gasteiger partial charge in [-0.1, -0.05) is 34.4 Å². The van der Waals surface area contributed by atoms with E-state index in [0.717, 1.165) is 10.9 Å². The van der Waals surface area contributed by atoms with E-state index in [4.69, 9.17) is 27.9 Å². The van der Waals surface area contributed by atoms with Gasteiger partial charge in [-0.25, -0.2) is 13.1 Å². The second kappa shape index (κ2) is 9.03. The summed E-state index contributed by atoms with van der Waals surface area (Å²) in [5, 5.41) is 9.62. The predicted molar refractivity (Wildman–Crippen MR) is 123 cm³/mol. The van der Waals surface area contributed by atoms with Crippen molar-refractivity contribution in [3.05, 3.63) is 70.6 Å². The standard InChI is InChI=1S/C21H19Cl2N5O3S/c1-3-28-20(13(2)27-32(29,30)16-7-8-17(22)18(23)12-16)25-26-21(28)31-15-6-9-19-14(11-15)5-4-10-24-19/h4-13,27H,3H2,1-2H3/t13-/m1/s1. The number of hydrogen-bond acceptors (Lipinski definition) is 6. The number of hydrogen-bond donors (Lipinski definition) is 1. The first-order valence-corrected chi connectivity index (χ1v) is 12.0. The first kappa shape index (κ1) is 22.5. The lowest BCUT2D eigenvalue weighted by molar-refractivity contribution is 0.408. The molecule has 0 aliphatic heterocycles. The summed E-state index contributed by atoms with van der Waals surface area (Å²) in [6, 6.07) is 13.0. The quantitative estimate of drug-likeness (QED) is 0.391. The Morgan fingerprint density at radius 3 is 2.66 bits per heavy atom. The van der Waals surface area contributed by atoms with Crippen LogP contribution in [-0.2, 0) is 16.6 Å². The summed E-state index contributed by atoms with van der Waals surface area (Å²) in [5.41, 5.74) is 0.850. The topological polar surface area (TPSA) is 99.0 Å². The Morgan fingerprint density at radius 1 is 1.09 bits per heavy atom. The van der Waals surface area contributed by atoms with Crippen LogP contribution in [0.3, 0.4) is 0 Å². The molecule has 2 heterocycles. The van der Waals surface area contributed by atoms with Crippen LogP contribution in [0.15, 0.2) is 59.6 Å². The van der Waals surface area contributed by atoms with Crippen molar-refractivity contribution in [2.24, 2.45) is 0 Å². The van der Waals surface area contributed by atoms with E-state index in [1.807, 2.05) is 31.2 Å². The highest BCUT2D eigenvalue weighted by molar-refractivity contribution is 7.89. The Hall–Kier alpha value is -2.72. The highest BCUT2D eigenvalue weighted by Gasteiger charge is 2.24. The lowest BCUT2D eigenvalue weighted by Gasteiger charge is -2.15. The van der Waals surface area contributed by atoms with Crippen molar-refractivity contribution in [1.29, 1.82) is 0 Å². The van der Waals surface area contributed by atoms with Crippen molar-refractivity contribution in [2.45, 2.75) is 31.3 Å². The van der Waals surface area contributed by atoms with Crippen molar-refractivity contribution in [2.75, 3.05) is 0 Å². The van der Waals surface area contributed by atoms with Gasteiger partial charge in [0.15, 0.2) is 5.82 Å². The van der Waals surface area contributed by atoms with E-state index in [0.29, 0.717) is 18.1 Å². The summed E-state index contributed by atoms with van der Waals surface area (Å²) >= 11 is 11.9. The number of halogens is 2. The molecule has 32 heavy (non-hydrogen) atoms. The van der Waals surface area contributed by atoms with Gasteiger partial charge in [0.05, 0.1) is 26.5 Å². The molecule has 0 aliphatic carbocycles. The Labute approximate surface area is 195 Å². The molecule has 0 spiro atoms. The van der Waals surface area contributed by atoms with Crippen LogP contribution >= 0.6 is 23.2 Å². The average molecular weight is 492 g/mol. The van der Waals surface area contributed by atoms with Crippen LogP contribution in [0.4, 0.5) is 0 Å². The maximum absolute atomic E-state index is 12.8. The highest BCUT2D eigenvalue weighted by Crippen LogP contribution is 2.28. The molecule has 8 nitrogen and oxygen atoms in total. The fourth-order valence-corrected chi connectivity index (χ4v) is 4.80. The summed E-state index contributed by atoms with van der Waals surface area (Å²) in [6.07, 6.45) is 1.73. The van der Waals surface area contributed by atoms with Gasteiger partial charge in [0.1, 0.15) is 5.75 Å². The number of fused-ring (bicyclic) bond motifs is 1. The largest absolute Gasteiger partial charge is 0.424 e. The Kier molecular flexibility index (Phi) is 6.34. The van der Waals surface area contributed by atoms with Crippen LogP contribution in [0, 0.1) is 0 Å². The van der Waals surface area contributed by atoms with Crippen molar-refractivity contribution >= 4 is 44.1 Å². The molecule has 4 rings (SSSR count). The third-order valence-corrected chi connectivity index (χ3v) is 7.04. The first-order valence-electron chi connectivity index (χ1n) is 9.71. The van der Waals surface area contributed by atoms with Crippen molar-refractivity contribution in [1.82, 2.24) is 24.5 Å². The Morgan fingerprint density at radius 2 is 1.91 bits per heavy atom. The normalized spacial score (nSPS) is 12.8. The lowest BCUT2D eigenvalue weighted by Crippen LogP contribution is -2.29. The molecule has 0 bridgehead atoms.